The van der Waals surface area contributed by atoms with Crippen molar-refractivity contribution < 1.29 is 5.11 Å². The fraction of sp³-hybridized carbons (Fsp3) is 0.571. The van der Waals surface area contributed by atoms with Gasteiger partial charge in [0.15, 0.2) is 0 Å². The minimum Gasteiger partial charge on any atom is -0.393 e. The van der Waals surface area contributed by atoms with Gasteiger partial charge in [-0.1, -0.05) is 51.5 Å². The second-order valence-electron chi connectivity index (χ2n) is 4.24. The van der Waals surface area contributed by atoms with Crippen LogP contribution in [-0.2, 0) is 6.42 Å². The first-order valence-corrected chi connectivity index (χ1v) is 5.95. The predicted molar refractivity (Wildman–Crippen MR) is 65.1 cm³/mol. The van der Waals surface area contributed by atoms with Crippen LogP contribution in [0.1, 0.15) is 50.7 Å². The molecule has 2 unspecified atom stereocenters. The highest BCUT2D eigenvalue weighted by Gasteiger charge is 2.14. The molecule has 84 valence electrons. The second-order valence-corrected chi connectivity index (χ2v) is 4.24. The van der Waals surface area contributed by atoms with Crippen molar-refractivity contribution >= 4 is 0 Å². The van der Waals surface area contributed by atoms with E-state index in [2.05, 4.69) is 45.0 Å². The van der Waals surface area contributed by atoms with Gasteiger partial charge in [-0.15, -0.1) is 0 Å². The fourth-order valence-electron chi connectivity index (χ4n) is 1.82. The first-order chi connectivity index (χ1) is 7.19. The highest BCUT2D eigenvalue weighted by molar-refractivity contribution is 5.25. The van der Waals surface area contributed by atoms with Gasteiger partial charge in [-0.25, -0.2) is 0 Å². The summed E-state index contributed by atoms with van der Waals surface area (Å²) in [4.78, 5) is 0. The molecule has 1 nitrogen and oxygen atoms in total. The highest BCUT2D eigenvalue weighted by atomic mass is 16.3. The molecule has 0 aliphatic carbocycles. The molecule has 1 aromatic rings. The predicted octanol–water partition coefficient (Wildman–Crippen LogP) is 3.51. The lowest BCUT2D eigenvalue weighted by atomic mass is 9.92. The summed E-state index contributed by atoms with van der Waals surface area (Å²) in [5, 5.41) is 9.90. The third-order valence-corrected chi connectivity index (χ3v) is 3.08. The van der Waals surface area contributed by atoms with Crippen LogP contribution in [0.3, 0.4) is 0 Å². The minimum atomic E-state index is -0.206. The van der Waals surface area contributed by atoms with Gasteiger partial charge in [-0.3, -0.25) is 0 Å². The Balaban J connectivity index is 2.69. The monoisotopic (exact) mass is 206 g/mol. The van der Waals surface area contributed by atoms with E-state index in [0.717, 1.165) is 19.3 Å². The maximum absolute atomic E-state index is 9.90. The summed E-state index contributed by atoms with van der Waals surface area (Å²) in [6, 6.07) is 8.60. The zero-order valence-corrected chi connectivity index (χ0v) is 10.0. The van der Waals surface area contributed by atoms with Crippen molar-refractivity contribution in [2.75, 3.05) is 0 Å². The second kappa shape index (κ2) is 5.92. The number of aryl methyl sites for hydroxylation is 1. The number of benzene rings is 1. The third-order valence-electron chi connectivity index (χ3n) is 3.08. The molecule has 0 spiro atoms. The van der Waals surface area contributed by atoms with E-state index in [1.54, 1.807) is 0 Å². The molecule has 0 fully saturated rings. The van der Waals surface area contributed by atoms with Crippen molar-refractivity contribution in [3.8, 4) is 0 Å². The molecular weight excluding hydrogens is 184 g/mol. The van der Waals surface area contributed by atoms with Gasteiger partial charge >= 0.3 is 0 Å². The summed E-state index contributed by atoms with van der Waals surface area (Å²) in [6.45, 7) is 6.36. The van der Waals surface area contributed by atoms with Crippen LogP contribution in [-0.4, -0.2) is 11.2 Å². The largest absolute Gasteiger partial charge is 0.393 e. The lowest BCUT2D eigenvalue weighted by molar-refractivity contribution is 0.139. The lowest BCUT2D eigenvalue weighted by Crippen LogP contribution is -2.15. The van der Waals surface area contributed by atoms with Crippen LogP contribution >= 0.6 is 0 Å². The summed E-state index contributed by atoms with van der Waals surface area (Å²) in [5.74, 6) is 0.246. The Labute approximate surface area is 93.1 Å². The van der Waals surface area contributed by atoms with Crippen LogP contribution in [0.2, 0.25) is 0 Å². The molecule has 0 aromatic heterocycles. The summed E-state index contributed by atoms with van der Waals surface area (Å²) in [7, 11) is 0. The quantitative estimate of drug-likeness (QED) is 0.781. The van der Waals surface area contributed by atoms with E-state index in [1.165, 1.54) is 11.1 Å². The van der Waals surface area contributed by atoms with Gasteiger partial charge in [-0.2, -0.15) is 0 Å². The first kappa shape index (κ1) is 12.3. The van der Waals surface area contributed by atoms with Gasteiger partial charge in [0.2, 0.25) is 0 Å². The number of aliphatic hydroxyl groups excluding tert-OH is 1. The Bertz CT molecular complexity index is 276. The van der Waals surface area contributed by atoms with E-state index >= 15 is 0 Å². The van der Waals surface area contributed by atoms with Gasteiger partial charge in [0.05, 0.1) is 6.10 Å². The molecule has 1 rings (SSSR count). The summed E-state index contributed by atoms with van der Waals surface area (Å²) >= 11 is 0. The van der Waals surface area contributed by atoms with E-state index < -0.39 is 0 Å². The zero-order chi connectivity index (χ0) is 11.3. The lowest BCUT2D eigenvalue weighted by Gasteiger charge is -2.18. The SMILES string of the molecule is CCCC(O)C(C)c1ccc(CC)cc1. The molecule has 0 bridgehead atoms. The zero-order valence-electron chi connectivity index (χ0n) is 10.0. The van der Waals surface area contributed by atoms with E-state index in [0.29, 0.717) is 0 Å². The molecule has 0 aliphatic heterocycles. The average Bonchev–Trinajstić information content (AvgIpc) is 2.28. The fourth-order valence-corrected chi connectivity index (χ4v) is 1.82. The molecule has 0 amide bonds. The summed E-state index contributed by atoms with van der Waals surface area (Å²) < 4.78 is 0. The van der Waals surface area contributed by atoms with Gasteiger partial charge in [-0.05, 0) is 24.0 Å². The van der Waals surface area contributed by atoms with Crippen LogP contribution in [0.4, 0.5) is 0 Å². The van der Waals surface area contributed by atoms with Crippen molar-refractivity contribution in [1.29, 1.82) is 0 Å². The highest BCUT2D eigenvalue weighted by Crippen LogP contribution is 2.22. The van der Waals surface area contributed by atoms with Crippen LogP contribution in [0.5, 0.6) is 0 Å². The van der Waals surface area contributed by atoms with Crippen LogP contribution in [0.15, 0.2) is 24.3 Å². The van der Waals surface area contributed by atoms with Crippen LogP contribution in [0, 0.1) is 0 Å². The summed E-state index contributed by atoms with van der Waals surface area (Å²) in [5.41, 5.74) is 2.60. The molecule has 0 saturated carbocycles. The van der Waals surface area contributed by atoms with E-state index in [4.69, 9.17) is 0 Å². The Morgan fingerprint density at radius 2 is 1.73 bits per heavy atom. The van der Waals surface area contributed by atoms with E-state index in [-0.39, 0.29) is 12.0 Å². The number of aliphatic hydroxyl groups is 1. The molecule has 1 aromatic carbocycles. The maximum atomic E-state index is 9.90. The average molecular weight is 206 g/mol. The Morgan fingerprint density at radius 3 is 2.20 bits per heavy atom. The maximum Gasteiger partial charge on any atom is 0.0606 e. The molecule has 2 atom stereocenters. The van der Waals surface area contributed by atoms with Crippen LogP contribution < -0.4 is 0 Å². The normalized spacial score (nSPS) is 14.9. The van der Waals surface area contributed by atoms with Gasteiger partial charge in [0.1, 0.15) is 0 Å². The molecule has 1 heteroatoms. The van der Waals surface area contributed by atoms with Crippen molar-refractivity contribution in [3.05, 3.63) is 35.4 Å². The Hall–Kier alpha value is -0.820. The van der Waals surface area contributed by atoms with E-state index in [1.807, 2.05) is 0 Å². The van der Waals surface area contributed by atoms with Gasteiger partial charge in [0, 0.05) is 5.92 Å². The Kier molecular flexibility index (Phi) is 4.83. The number of hydrogen-bond donors (Lipinski definition) is 1. The van der Waals surface area contributed by atoms with Crippen molar-refractivity contribution in [3.63, 3.8) is 0 Å². The smallest absolute Gasteiger partial charge is 0.0606 e. The third kappa shape index (κ3) is 3.35. The van der Waals surface area contributed by atoms with Gasteiger partial charge < -0.3 is 5.11 Å². The van der Waals surface area contributed by atoms with Crippen molar-refractivity contribution in [2.45, 2.75) is 52.1 Å². The minimum absolute atomic E-state index is 0.206. The van der Waals surface area contributed by atoms with Gasteiger partial charge in [0.25, 0.3) is 0 Å². The molecule has 0 aliphatic rings. The van der Waals surface area contributed by atoms with Crippen molar-refractivity contribution in [1.82, 2.24) is 0 Å². The molecule has 0 heterocycles. The standard InChI is InChI=1S/C14H22O/c1-4-6-14(15)11(3)13-9-7-12(5-2)8-10-13/h7-11,14-15H,4-6H2,1-3H3. The van der Waals surface area contributed by atoms with E-state index in [9.17, 15) is 5.11 Å². The number of rotatable bonds is 5. The topological polar surface area (TPSA) is 20.2 Å². The van der Waals surface area contributed by atoms with Crippen LogP contribution in [0.25, 0.3) is 0 Å². The first-order valence-electron chi connectivity index (χ1n) is 5.95. The summed E-state index contributed by atoms with van der Waals surface area (Å²) in [6.07, 6.45) is 2.80. The molecule has 0 saturated heterocycles. The Morgan fingerprint density at radius 1 is 1.13 bits per heavy atom. The van der Waals surface area contributed by atoms with Crippen molar-refractivity contribution in [2.24, 2.45) is 0 Å². The molecule has 15 heavy (non-hydrogen) atoms. The molecular formula is C14H22O. The molecule has 1 N–H and O–H groups in total. The molecule has 0 radical (unpaired) electrons. The number of hydrogen-bond acceptors (Lipinski definition) is 1.